The average molecular weight is 303 g/mol. The number of nitrogens with two attached hydrogens (primary N) is 2. The first-order chi connectivity index (χ1) is 8.15. The molecule has 0 heterocycles. The topological polar surface area (TPSA) is 70.5 Å². The molecule has 0 spiro atoms. The van der Waals surface area contributed by atoms with Gasteiger partial charge in [0, 0.05) is 4.47 Å². The van der Waals surface area contributed by atoms with Gasteiger partial charge >= 0.3 is 0 Å². The van der Waals surface area contributed by atoms with Crippen molar-refractivity contribution in [3.63, 3.8) is 0 Å². The number of hydrogen-bond acceptors (Lipinski definition) is 4. The Hall–Kier alpha value is -0.780. The smallest absolute Gasteiger partial charge is 0.161 e. The van der Waals surface area contributed by atoms with Gasteiger partial charge in [-0.25, -0.2) is 0 Å². The van der Waals surface area contributed by atoms with Gasteiger partial charge in [0.05, 0.1) is 14.2 Å². The molecule has 0 saturated carbocycles. The molecule has 5 heteroatoms. The number of rotatable bonds is 6. The summed E-state index contributed by atoms with van der Waals surface area (Å²) < 4.78 is 11.5. The molecule has 0 unspecified atom stereocenters. The largest absolute Gasteiger partial charge is 0.493 e. The van der Waals surface area contributed by atoms with Crippen molar-refractivity contribution in [3.05, 3.63) is 22.2 Å². The molecule has 0 bridgehead atoms. The van der Waals surface area contributed by atoms with E-state index in [-0.39, 0.29) is 5.92 Å². The van der Waals surface area contributed by atoms with E-state index in [1.807, 2.05) is 12.1 Å². The van der Waals surface area contributed by atoms with E-state index in [4.69, 9.17) is 20.9 Å². The predicted molar refractivity (Wildman–Crippen MR) is 72.5 cm³/mol. The van der Waals surface area contributed by atoms with Gasteiger partial charge in [0.15, 0.2) is 11.5 Å². The summed E-state index contributed by atoms with van der Waals surface area (Å²) in [6.07, 6.45) is 0.827. The normalized spacial score (nSPS) is 10.7. The summed E-state index contributed by atoms with van der Waals surface area (Å²) in [4.78, 5) is 0. The zero-order valence-corrected chi connectivity index (χ0v) is 11.8. The fourth-order valence-corrected chi connectivity index (χ4v) is 2.11. The van der Waals surface area contributed by atoms with Gasteiger partial charge < -0.3 is 20.9 Å². The van der Waals surface area contributed by atoms with E-state index < -0.39 is 0 Å². The lowest BCUT2D eigenvalue weighted by atomic mass is 9.99. The molecular weight excluding hydrogens is 284 g/mol. The highest BCUT2D eigenvalue weighted by atomic mass is 79.9. The summed E-state index contributed by atoms with van der Waals surface area (Å²) in [5, 5.41) is 0. The van der Waals surface area contributed by atoms with Crippen LogP contribution in [0.1, 0.15) is 5.56 Å². The molecule has 0 aliphatic carbocycles. The molecule has 4 nitrogen and oxygen atoms in total. The molecule has 0 saturated heterocycles. The molecular formula is C12H19BrN2O2. The third-order valence-corrected chi connectivity index (χ3v) is 3.47. The van der Waals surface area contributed by atoms with Crippen molar-refractivity contribution in [3.8, 4) is 11.5 Å². The summed E-state index contributed by atoms with van der Waals surface area (Å²) in [7, 11) is 3.24. The Labute approximate surface area is 110 Å². The predicted octanol–water partition coefficient (Wildman–Crippen LogP) is 1.54. The average Bonchev–Trinajstić information content (AvgIpc) is 2.36. The standard InChI is InChI=1S/C12H19BrN2O2/c1-16-11-4-9(3-8(6-14)7-15)10(13)5-12(11)17-2/h4-5,8H,3,6-7,14-15H2,1-2H3. The molecule has 0 fully saturated rings. The molecule has 1 rings (SSSR count). The Morgan fingerprint density at radius 2 is 1.65 bits per heavy atom. The second-order valence-corrected chi connectivity index (χ2v) is 4.69. The van der Waals surface area contributed by atoms with Crippen molar-refractivity contribution in [1.82, 2.24) is 0 Å². The van der Waals surface area contributed by atoms with Crippen LogP contribution in [0.2, 0.25) is 0 Å². The lowest BCUT2D eigenvalue weighted by Gasteiger charge is -2.16. The number of benzene rings is 1. The lowest BCUT2D eigenvalue weighted by Crippen LogP contribution is -2.25. The van der Waals surface area contributed by atoms with Gasteiger partial charge in [-0.1, -0.05) is 15.9 Å². The maximum Gasteiger partial charge on any atom is 0.161 e. The highest BCUT2D eigenvalue weighted by Crippen LogP contribution is 2.34. The van der Waals surface area contributed by atoms with Gasteiger partial charge in [0.2, 0.25) is 0 Å². The van der Waals surface area contributed by atoms with E-state index in [0.717, 1.165) is 22.2 Å². The molecule has 1 aromatic rings. The molecule has 17 heavy (non-hydrogen) atoms. The van der Waals surface area contributed by atoms with Gasteiger partial charge in [0.1, 0.15) is 0 Å². The van der Waals surface area contributed by atoms with Gasteiger partial charge in [-0.3, -0.25) is 0 Å². The number of hydrogen-bond donors (Lipinski definition) is 2. The number of halogens is 1. The quantitative estimate of drug-likeness (QED) is 0.836. The van der Waals surface area contributed by atoms with Crippen LogP contribution in [0.4, 0.5) is 0 Å². The van der Waals surface area contributed by atoms with Crippen molar-refractivity contribution >= 4 is 15.9 Å². The van der Waals surface area contributed by atoms with Gasteiger partial charge in [-0.2, -0.15) is 0 Å². The molecule has 0 aliphatic rings. The first kappa shape index (κ1) is 14.3. The summed E-state index contributed by atoms with van der Waals surface area (Å²) in [6.45, 7) is 1.16. The minimum Gasteiger partial charge on any atom is -0.493 e. The maximum absolute atomic E-state index is 5.66. The van der Waals surface area contributed by atoms with E-state index in [9.17, 15) is 0 Å². The second kappa shape index (κ2) is 6.83. The van der Waals surface area contributed by atoms with Crippen LogP contribution in [0.15, 0.2) is 16.6 Å². The van der Waals surface area contributed by atoms with Crippen LogP contribution < -0.4 is 20.9 Å². The van der Waals surface area contributed by atoms with E-state index >= 15 is 0 Å². The molecule has 1 aromatic carbocycles. The number of ether oxygens (including phenoxy) is 2. The summed E-state index contributed by atoms with van der Waals surface area (Å²) >= 11 is 3.52. The monoisotopic (exact) mass is 302 g/mol. The van der Waals surface area contributed by atoms with Crippen molar-refractivity contribution in [2.24, 2.45) is 17.4 Å². The molecule has 0 amide bonds. The third-order valence-electron chi connectivity index (χ3n) is 2.73. The third kappa shape index (κ3) is 3.59. The lowest BCUT2D eigenvalue weighted by molar-refractivity contribution is 0.354. The van der Waals surface area contributed by atoms with Crippen LogP contribution in [-0.2, 0) is 6.42 Å². The van der Waals surface area contributed by atoms with Crippen LogP contribution in [0.5, 0.6) is 11.5 Å². The fourth-order valence-electron chi connectivity index (χ4n) is 1.63. The van der Waals surface area contributed by atoms with Gasteiger partial charge in [-0.15, -0.1) is 0 Å². The van der Waals surface area contributed by atoms with Crippen LogP contribution in [0.25, 0.3) is 0 Å². The molecule has 0 aliphatic heterocycles. The Morgan fingerprint density at radius 3 is 2.12 bits per heavy atom. The molecule has 4 N–H and O–H groups in total. The highest BCUT2D eigenvalue weighted by molar-refractivity contribution is 9.10. The molecule has 96 valence electrons. The van der Waals surface area contributed by atoms with Gasteiger partial charge in [-0.05, 0) is 43.1 Å². The summed E-state index contributed by atoms with van der Waals surface area (Å²) in [5.74, 6) is 1.71. The Kier molecular flexibility index (Phi) is 5.74. The zero-order chi connectivity index (χ0) is 12.8. The SMILES string of the molecule is COc1cc(Br)c(CC(CN)CN)cc1OC. The number of methoxy groups -OCH3 is 2. The molecule has 0 atom stereocenters. The van der Waals surface area contributed by atoms with Crippen LogP contribution in [0, 0.1) is 5.92 Å². The minimum absolute atomic E-state index is 0.282. The van der Waals surface area contributed by atoms with E-state index in [2.05, 4.69) is 15.9 Å². The fraction of sp³-hybridized carbons (Fsp3) is 0.500. The zero-order valence-electron chi connectivity index (χ0n) is 10.2. The Balaban J connectivity index is 2.99. The van der Waals surface area contributed by atoms with Gasteiger partial charge in [0.25, 0.3) is 0 Å². The second-order valence-electron chi connectivity index (χ2n) is 3.84. The van der Waals surface area contributed by atoms with Crippen molar-refractivity contribution < 1.29 is 9.47 Å². The summed E-state index contributed by atoms with van der Waals surface area (Å²) in [6, 6.07) is 3.86. The van der Waals surface area contributed by atoms with Crippen molar-refractivity contribution in [2.75, 3.05) is 27.3 Å². The molecule has 0 radical (unpaired) electrons. The Morgan fingerprint density at radius 1 is 1.12 bits per heavy atom. The van der Waals surface area contributed by atoms with E-state index in [1.54, 1.807) is 14.2 Å². The van der Waals surface area contributed by atoms with Crippen LogP contribution in [0.3, 0.4) is 0 Å². The van der Waals surface area contributed by atoms with E-state index in [1.165, 1.54) is 0 Å². The highest BCUT2D eigenvalue weighted by Gasteiger charge is 2.13. The first-order valence-electron chi connectivity index (χ1n) is 5.46. The van der Waals surface area contributed by atoms with Crippen molar-refractivity contribution in [1.29, 1.82) is 0 Å². The maximum atomic E-state index is 5.66. The van der Waals surface area contributed by atoms with Crippen LogP contribution >= 0.6 is 15.9 Å². The van der Waals surface area contributed by atoms with Crippen LogP contribution in [-0.4, -0.2) is 27.3 Å². The first-order valence-corrected chi connectivity index (χ1v) is 6.26. The van der Waals surface area contributed by atoms with Crippen molar-refractivity contribution in [2.45, 2.75) is 6.42 Å². The summed E-state index contributed by atoms with van der Waals surface area (Å²) in [5.41, 5.74) is 12.4. The molecule has 0 aromatic heterocycles. The minimum atomic E-state index is 0.282. The Bertz CT molecular complexity index is 368. The van der Waals surface area contributed by atoms with E-state index in [0.29, 0.717) is 18.8 Å².